The van der Waals surface area contributed by atoms with Crippen LogP contribution in [0.5, 0.6) is 0 Å². The molecule has 9 heteroatoms. The zero-order chi connectivity index (χ0) is 19.7. The number of aryl methyl sites for hydroxylation is 1. The predicted octanol–water partition coefficient (Wildman–Crippen LogP) is 0.0794. The third kappa shape index (κ3) is 3.85. The smallest absolute Gasteiger partial charge is 0.332 e. The Morgan fingerprint density at radius 2 is 1.81 bits per heavy atom. The highest BCUT2D eigenvalue weighted by Gasteiger charge is 2.25. The van der Waals surface area contributed by atoms with Gasteiger partial charge >= 0.3 is 5.69 Å². The maximum absolute atomic E-state index is 12.8. The number of nitrogens with zero attached hydrogens (tertiary/aromatic N) is 5. The molecular weight excluding hydrogens is 350 g/mol. The van der Waals surface area contributed by atoms with Gasteiger partial charge in [0.2, 0.25) is 0 Å². The van der Waals surface area contributed by atoms with Gasteiger partial charge in [-0.3, -0.25) is 18.8 Å². The first-order chi connectivity index (χ1) is 12.8. The number of fused-ring (bicyclic) bond motifs is 1. The normalized spacial score (nSPS) is 21.2. The zero-order valence-corrected chi connectivity index (χ0v) is 16.8. The summed E-state index contributed by atoms with van der Waals surface area (Å²) in [5, 5.41) is 0. The highest BCUT2D eigenvalue weighted by molar-refractivity contribution is 5.71. The first-order valence-electron chi connectivity index (χ1n) is 9.44. The van der Waals surface area contributed by atoms with Gasteiger partial charge in [0.05, 0.1) is 25.4 Å². The Bertz CT molecular complexity index is 918. The molecule has 3 heterocycles. The summed E-state index contributed by atoms with van der Waals surface area (Å²) in [5.41, 5.74) is 0.168. The lowest BCUT2D eigenvalue weighted by Gasteiger charge is -2.35. The van der Waals surface area contributed by atoms with Crippen molar-refractivity contribution in [2.24, 2.45) is 14.1 Å². The lowest BCUT2D eigenvalue weighted by molar-refractivity contribution is -0.0713. The molecule has 0 radical (unpaired) electrons. The molecule has 0 amide bonds. The van der Waals surface area contributed by atoms with Crippen molar-refractivity contribution < 1.29 is 9.47 Å². The second-order valence-corrected chi connectivity index (χ2v) is 7.21. The van der Waals surface area contributed by atoms with Gasteiger partial charge in [0, 0.05) is 40.3 Å². The number of imidazole rings is 1. The van der Waals surface area contributed by atoms with E-state index in [4.69, 9.17) is 9.47 Å². The molecule has 9 nitrogen and oxygen atoms in total. The minimum absolute atomic E-state index is 0.146. The van der Waals surface area contributed by atoms with Crippen molar-refractivity contribution in [3.63, 3.8) is 0 Å². The van der Waals surface area contributed by atoms with Crippen LogP contribution in [0.2, 0.25) is 0 Å². The van der Waals surface area contributed by atoms with Crippen molar-refractivity contribution in [1.29, 1.82) is 0 Å². The van der Waals surface area contributed by atoms with E-state index in [9.17, 15) is 9.59 Å². The van der Waals surface area contributed by atoms with Gasteiger partial charge in [-0.1, -0.05) is 0 Å². The van der Waals surface area contributed by atoms with Gasteiger partial charge in [-0.15, -0.1) is 0 Å². The minimum Gasteiger partial charge on any atom is -0.380 e. The number of hydrogen-bond donors (Lipinski definition) is 0. The number of rotatable bonds is 6. The Kier molecular flexibility index (Phi) is 5.83. The fourth-order valence-electron chi connectivity index (χ4n) is 3.77. The first-order valence-corrected chi connectivity index (χ1v) is 9.44. The van der Waals surface area contributed by atoms with Crippen LogP contribution in [-0.4, -0.2) is 62.1 Å². The third-order valence-electron chi connectivity index (χ3n) is 4.95. The molecule has 0 saturated carbocycles. The lowest BCUT2D eigenvalue weighted by atomic mass is 10.2. The summed E-state index contributed by atoms with van der Waals surface area (Å²) in [5.74, 6) is 0.768. The van der Waals surface area contributed by atoms with E-state index in [0.717, 1.165) is 23.5 Å². The van der Waals surface area contributed by atoms with Gasteiger partial charge in [0.1, 0.15) is 5.82 Å². The molecule has 0 aromatic carbocycles. The highest BCUT2D eigenvalue weighted by atomic mass is 16.5. The van der Waals surface area contributed by atoms with Crippen LogP contribution in [0.15, 0.2) is 9.59 Å². The molecule has 2 atom stereocenters. The van der Waals surface area contributed by atoms with Crippen LogP contribution >= 0.6 is 0 Å². The summed E-state index contributed by atoms with van der Waals surface area (Å²) < 4.78 is 15.8. The van der Waals surface area contributed by atoms with Crippen molar-refractivity contribution in [3.05, 3.63) is 26.7 Å². The standard InChI is InChI=1S/C18H29N5O4/c1-6-26-8-7-23-14(11-22-9-12(2)27-13(3)10-22)19-16-15(23)17(24)21(5)18(25)20(16)4/h12-13H,6-11H2,1-5H3/t12-,13-/m0/s1. The zero-order valence-electron chi connectivity index (χ0n) is 16.8. The predicted molar refractivity (Wildman–Crippen MR) is 102 cm³/mol. The van der Waals surface area contributed by atoms with Crippen LogP contribution in [0.3, 0.4) is 0 Å². The molecule has 1 aliphatic rings. The third-order valence-corrected chi connectivity index (χ3v) is 4.95. The topological polar surface area (TPSA) is 83.5 Å². The average molecular weight is 379 g/mol. The molecule has 2 aromatic rings. The van der Waals surface area contributed by atoms with Crippen LogP contribution in [0.25, 0.3) is 11.2 Å². The molecule has 1 saturated heterocycles. The first kappa shape index (κ1) is 19.8. The van der Waals surface area contributed by atoms with Gasteiger partial charge in [-0.05, 0) is 20.8 Å². The molecule has 0 bridgehead atoms. The molecular formula is C18H29N5O4. The van der Waals surface area contributed by atoms with Crippen molar-refractivity contribution in [1.82, 2.24) is 23.6 Å². The van der Waals surface area contributed by atoms with Gasteiger partial charge in [-0.2, -0.15) is 0 Å². The molecule has 0 aliphatic carbocycles. The molecule has 0 unspecified atom stereocenters. The molecule has 2 aromatic heterocycles. The van der Waals surface area contributed by atoms with Crippen LogP contribution in [0.4, 0.5) is 0 Å². The Hall–Kier alpha value is -1.97. The van der Waals surface area contributed by atoms with E-state index >= 15 is 0 Å². The largest absolute Gasteiger partial charge is 0.380 e. The summed E-state index contributed by atoms with van der Waals surface area (Å²) in [6.45, 7) is 9.85. The van der Waals surface area contributed by atoms with Gasteiger partial charge < -0.3 is 14.0 Å². The number of hydrogen-bond acceptors (Lipinski definition) is 6. The highest BCUT2D eigenvalue weighted by Crippen LogP contribution is 2.17. The summed E-state index contributed by atoms with van der Waals surface area (Å²) in [6, 6.07) is 0. The van der Waals surface area contributed by atoms with Gasteiger partial charge in [0.15, 0.2) is 11.2 Å². The summed E-state index contributed by atoms with van der Waals surface area (Å²) in [4.78, 5) is 32.0. The molecule has 1 aliphatic heterocycles. The maximum Gasteiger partial charge on any atom is 0.332 e. The van der Waals surface area contributed by atoms with Gasteiger partial charge in [0.25, 0.3) is 5.56 Å². The van der Waals surface area contributed by atoms with Crippen molar-refractivity contribution in [2.45, 2.75) is 46.1 Å². The van der Waals surface area contributed by atoms with Crippen molar-refractivity contribution in [3.8, 4) is 0 Å². The Morgan fingerprint density at radius 3 is 2.44 bits per heavy atom. The monoisotopic (exact) mass is 379 g/mol. The van der Waals surface area contributed by atoms with Gasteiger partial charge in [-0.25, -0.2) is 9.78 Å². The van der Waals surface area contributed by atoms with E-state index in [1.165, 1.54) is 11.6 Å². The van der Waals surface area contributed by atoms with Crippen LogP contribution in [0.1, 0.15) is 26.6 Å². The van der Waals surface area contributed by atoms with E-state index in [0.29, 0.717) is 37.5 Å². The number of morpholine rings is 1. The summed E-state index contributed by atoms with van der Waals surface area (Å²) >= 11 is 0. The quantitative estimate of drug-likeness (QED) is 0.661. The summed E-state index contributed by atoms with van der Waals surface area (Å²) in [6.07, 6.45) is 0.291. The van der Waals surface area contributed by atoms with Crippen LogP contribution in [-0.2, 0) is 36.7 Å². The van der Waals surface area contributed by atoms with E-state index in [2.05, 4.69) is 23.7 Å². The molecule has 3 rings (SSSR count). The molecule has 0 N–H and O–H groups in total. The fourth-order valence-corrected chi connectivity index (χ4v) is 3.77. The lowest BCUT2D eigenvalue weighted by Crippen LogP contribution is -2.45. The molecule has 1 fully saturated rings. The molecule has 150 valence electrons. The Morgan fingerprint density at radius 1 is 1.15 bits per heavy atom. The van der Waals surface area contributed by atoms with E-state index in [1.807, 2.05) is 11.5 Å². The SMILES string of the molecule is CCOCCn1c(CN2C[C@H](C)O[C@@H](C)C2)nc2c1c(=O)n(C)c(=O)n2C. The number of ether oxygens (including phenoxy) is 2. The van der Waals surface area contributed by atoms with E-state index < -0.39 is 0 Å². The van der Waals surface area contributed by atoms with Crippen LogP contribution < -0.4 is 11.2 Å². The van der Waals surface area contributed by atoms with Crippen molar-refractivity contribution in [2.75, 3.05) is 26.3 Å². The second kappa shape index (κ2) is 7.95. The Labute approximate surface area is 158 Å². The van der Waals surface area contributed by atoms with Crippen LogP contribution in [0, 0.1) is 0 Å². The number of aromatic nitrogens is 4. The fraction of sp³-hybridized carbons (Fsp3) is 0.722. The van der Waals surface area contributed by atoms with Crippen molar-refractivity contribution >= 4 is 11.2 Å². The molecule has 27 heavy (non-hydrogen) atoms. The second-order valence-electron chi connectivity index (χ2n) is 7.21. The average Bonchev–Trinajstić information content (AvgIpc) is 2.96. The van der Waals surface area contributed by atoms with E-state index in [1.54, 1.807) is 7.05 Å². The Balaban J connectivity index is 2.06. The maximum atomic E-state index is 12.8. The van der Waals surface area contributed by atoms with E-state index in [-0.39, 0.29) is 23.5 Å². The minimum atomic E-state index is -0.373. The molecule has 0 spiro atoms. The summed E-state index contributed by atoms with van der Waals surface area (Å²) in [7, 11) is 3.14.